The highest BCUT2D eigenvalue weighted by atomic mass is 16.1. The van der Waals surface area contributed by atoms with Crippen molar-refractivity contribution in [1.82, 2.24) is 14.5 Å². The number of carbonyl (C=O) groups is 1. The van der Waals surface area contributed by atoms with Gasteiger partial charge in [-0.1, -0.05) is 13.8 Å². The van der Waals surface area contributed by atoms with Crippen LogP contribution in [-0.2, 0) is 11.3 Å². The molecule has 136 valence electrons. The second-order valence-corrected chi connectivity index (χ2v) is 7.56. The Balaban J connectivity index is 1.88. The van der Waals surface area contributed by atoms with Gasteiger partial charge in [-0.05, 0) is 63.9 Å². The average Bonchev–Trinajstić information content (AvgIpc) is 2.94. The number of likely N-dealkylation sites (tertiary alicyclic amines) is 1. The molecule has 0 atom stereocenters. The normalized spacial score (nSPS) is 16.7. The third kappa shape index (κ3) is 4.03. The summed E-state index contributed by atoms with van der Waals surface area (Å²) < 4.78 is 2.33. The number of carbonyl (C=O) groups excluding carboxylic acids is 1. The maximum absolute atomic E-state index is 11.6. The van der Waals surface area contributed by atoms with Gasteiger partial charge in [-0.25, -0.2) is 4.98 Å². The molecule has 1 aliphatic heterocycles. The van der Waals surface area contributed by atoms with Gasteiger partial charge in [0, 0.05) is 18.2 Å². The van der Waals surface area contributed by atoms with Crippen molar-refractivity contribution in [2.24, 2.45) is 5.92 Å². The van der Waals surface area contributed by atoms with Crippen molar-refractivity contribution in [3.8, 4) is 0 Å². The van der Waals surface area contributed by atoms with Crippen LogP contribution in [0, 0.1) is 5.92 Å². The minimum Gasteiger partial charge on any atom is -0.326 e. The van der Waals surface area contributed by atoms with Crippen LogP contribution in [0.2, 0.25) is 0 Å². The van der Waals surface area contributed by atoms with E-state index in [1.807, 2.05) is 19.1 Å². The topological polar surface area (TPSA) is 50.2 Å². The fourth-order valence-corrected chi connectivity index (χ4v) is 3.58. The summed E-state index contributed by atoms with van der Waals surface area (Å²) in [6, 6.07) is 6.40. The molecule has 0 saturated carbocycles. The molecule has 1 saturated heterocycles. The Hall–Kier alpha value is -1.88. The van der Waals surface area contributed by atoms with Gasteiger partial charge < -0.3 is 9.88 Å². The number of aromatic nitrogens is 2. The third-order valence-corrected chi connectivity index (χ3v) is 5.13. The third-order valence-electron chi connectivity index (χ3n) is 5.13. The number of benzene rings is 1. The number of rotatable bonds is 5. The lowest BCUT2D eigenvalue weighted by Gasteiger charge is -2.30. The molecule has 1 amide bonds. The van der Waals surface area contributed by atoms with E-state index in [4.69, 9.17) is 4.98 Å². The molecule has 1 aliphatic rings. The Kier molecular flexibility index (Phi) is 5.42. The van der Waals surface area contributed by atoms with Gasteiger partial charge in [-0.2, -0.15) is 0 Å². The summed E-state index contributed by atoms with van der Waals surface area (Å²) in [5.74, 6) is 1.99. The van der Waals surface area contributed by atoms with Crippen LogP contribution in [0.15, 0.2) is 18.2 Å². The highest BCUT2D eigenvalue weighted by Crippen LogP contribution is 2.26. The van der Waals surface area contributed by atoms with Gasteiger partial charge in [-0.3, -0.25) is 9.69 Å². The predicted molar refractivity (Wildman–Crippen MR) is 103 cm³/mol. The molecule has 2 aromatic rings. The summed E-state index contributed by atoms with van der Waals surface area (Å²) in [5, 5.41) is 2.93. The molecule has 1 N–H and O–H groups in total. The molecule has 1 aromatic heterocycles. The molecule has 0 bridgehead atoms. The Morgan fingerprint density at radius 1 is 1.32 bits per heavy atom. The summed E-state index contributed by atoms with van der Waals surface area (Å²) in [7, 11) is 0. The van der Waals surface area contributed by atoms with Crippen LogP contribution in [0.5, 0.6) is 0 Å². The standard InChI is InChI=1S/C20H30N4O/c1-5-20(25)21-16-6-7-18-17(12-16)22-19(24(18)14(2)3)13-23-10-8-15(4)9-11-23/h6-7,12,14-15H,5,8-11,13H2,1-4H3,(H,21,25). The molecule has 25 heavy (non-hydrogen) atoms. The van der Waals surface area contributed by atoms with Gasteiger partial charge in [0.25, 0.3) is 0 Å². The molecular formula is C20H30N4O. The molecule has 5 nitrogen and oxygen atoms in total. The fourth-order valence-electron chi connectivity index (χ4n) is 3.58. The first-order chi connectivity index (χ1) is 12.0. The number of hydrogen-bond acceptors (Lipinski definition) is 3. The van der Waals surface area contributed by atoms with Gasteiger partial charge >= 0.3 is 0 Å². The van der Waals surface area contributed by atoms with Crippen molar-refractivity contribution >= 4 is 22.6 Å². The molecule has 0 aliphatic carbocycles. The van der Waals surface area contributed by atoms with Crippen LogP contribution in [0.1, 0.15) is 58.8 Å². The Morgan fingerprint density at radius 3 is 2.68 bits per heavy atom. The monoisotopic (exact) mass is 342 g/mol. The number of nitrogens with one attached hydrogen (secondary N) is 1. The number of anilines is 1. The smallest absolute Gasteiger partial charge is 0.224 e. The highest BCUT2D eigenvalue weighted by Gasteiger charge is 2.20. The van der Waals surface area contributed by atoms with Crippen molar-refractivity contribution in [2.75, 3.05) is 18.4 Å². The largest absolute Gasteiger partial charge is 0.326 e. The lowest BCUT2D eigenvalue weighted by atomic mass is 9.99. The molecule has 0 spiro atoms. The summed E-state index contributed by atoms with van der Waals surface area (Å²) in [6.45, 7) is 11.8. The van der Waals surface area contributed by atoms with Crippen LogP contribution >= 0.6 is 0 Å². The number of piperidine rings is 1. The Labute approximate surface area is 150 Å². The van der Waals surface area contributed by atoms with E-state index in [0.717, 1.165) is 48.1 Å². The van der Waals surface area contributed by atoms with Gasteiger partial charge in [0.2, 0.25) is 5.91 Å². The number of nitrogens with zero attached hydrogens (tertiary/aromatic N) is 3. The van der Waals surface area contributed by atoms with E-state index >= 15 is 0 Å². The second-order valence-electron chi connectivity index (χ2n) is 7.56. The van der Waals surface area contributed by atoms with E-state index < -0.39 is 0 Å². The maximum Gasteiger partial charge on any atom is 0.224 e. The average molecular weight is 342 g/mol. The minimum absolute atomic E-state index is 0.0327. The summed E-state index contributed by atoms with van der Waals surface area (Å²) >= 11 is 0. The minimum atomic E-state index is 0.0327. The van der Waals surface area contributed by atoms with Crippen LogP contribution in [-0.4, -0.2) is 33.4 Å². The van der Waals surface area contributed by atoms with Crippen LogP contribution in [0.25, 0.3) is 11.0 Å². The van der Waals surface area contributed by atoms with Crippen molar-refractivity contribution in [2.45, 2.75) is 59.5 Å². The van der Waals surface area contributed by atoms with E-state index in [9.17, 15) is 4.79 Å². The summed E-state index contributed by atoms with van der Waals surface area (Å²) in [5.41, 5.74) is 2.93. The molecule has 0 unspecified atom stereocenters. The van der Waals surface area contributed by atoms with Crippen LogP contribution in [0.3, 0.4) is 0 Å². The first-order valence-corrected chi connectivity index (χ1v) is 9.51. The van der Waals surface area contributed by atoms with Gasteiger partial charge in [0.05, 0.1) is 17.6 Å². The van der Waals surface area contributed by atoms with Crippen LogP contribution < -0.4 is 5.32 Å². The number of hydrogen-bond donors (Lipinski definition) is 1. The van der Waals surface area contributed by atoms with E-state index in [-0.39, 0.29) is 5.91 Å². The van der Waals surface area contributed by atoms with Gasteiger partial charge in [0.1, 0.15) is 5.82 Å². The van der Waals surface area contributed by atoms with Crippen molar-refractivity contribution < 1.29 is 4.79 Å². The van der Waals surface area contributed by atoms with Crippen molar-refractivity contribution in [3.63, 3.8) is 0 Å². The Morgan fingerprint density at radius 2 is 2.04 bits per heavy atom. The first-order valence-electron chi connectivity index (χ1n) is 9.51. The van der Waals surface area contributed by atoms with E-state index in [1.165, 1.54) is 12.8 Å². The summed E-state index contributed by atoms with van der Waals surface area (Å²) in [4.78, 5) is 19.1. The second kappa shape index (κ2) is 7.56. The zero-order chi connectivity index (χ0) is 18.0. The predicted octanol–water partition coefficient (Wildman–Crippen LogP) is 4.20. The number of imidazole rings is 1. The van der Waals surface area contributed by atoms with Crippen molar-refractivity contribution in [1.29, 1.82) is 0 Å². The summed E-state index contributed by atoms with van der Waals surface area (Å²) in [6.07, 6.45) is 3.03. The lowest BCUT2D eigenvalue weighted by molar-refractivity contribution is -0.115. The van der Waals surface area contributed by atoms with Gasteiger partial charge in [-0.15, -0.1) is 0 Å². The maximum atomic E-state index is 11.6. The van der Waals surface area contributed by atoms with Gasteiger partial charge in [0.15, 0.2) is 0 Å². The number of amides is 1. The molecule has 5 heteroatoms. The van der Waals surface area contributed by atoms with E-state index in [0.29, 0.717) is 12.5 Å². The highest BCUT2D eigenvalue weighted by molar-refractivity contribution is 5.93. The first kappa shape index (κ1) is 17.9. The number of fused-ring (bicyclic) bond motifs is 1. The molecule has 2 heterocycles. The molecule has 1 aromatic carbocycles. The van der Waals surface area contributed by atoms with Crippen LogP contribution in [0.4, 0.5) is 5.69 Å². The fraction of sp³-hybridized carbons (Fsp3) is 0.600. The molecular weight excluding hydrogens is 312 g/mol. The molecule has 1 fully saturated rings. The zero-order valence-corrected chi connectivity index (χ0v) is 15.9. The lowest BCUT2D eigenvalue weighted by Crippen LogP contribution is -2.33. The van der Waals surface area contributed by atoms with E-state index in [1.54, 1.807) is 0 Å². The van der Waals surface area contributed by atoms with E-state index in [2.05, 4.69) is 41.6 Å². The molecule has 0 radical (unpaired) electrons. The van der Waals surface area contributed by atoms with Crippen molar-refractivity contribution in [3.05, 3.63) is 24.0 Å². The quantitative estimate of drug-likeness (QED) is 0.886. The molecule has 3 rings (SSSR count). The Bertz CT molecular complexity index is 741. The SMILES string of the molecule is CCC(=O)Nc1ccc2c(c1)nc(CN1CCC(C)CC1)n2C(C)C. The zero-order valence-electron chi connectivity index (χ0n) is 15.9.